The molecule has 31 heavy (non-hydrogen) atoms. The number of imidazole rings is 1. The van der Waals surface area contributed by atoms with Crippen molar-refractivity contribution in [3.8, 4) is 11.3 Å². The number of rotatable bonds is 5. The van der Waals surface area contributed by atoms with Gasteiger partial charge in [0.15, 0.2) is 0 Å². The fraction of sp³-hybridized carbons (Fsp3) is 0.417. The molecule has 5 rings (SSSR count). The summed E-state index contributed by atoms with van der Waals surface area (Å²) in [5.41, 5.74) is 4.40. The minimum absolute atomic E-state index is 0.0383. The van der Waals surface area contributed by atoms with E-state index in [9.17, 15) is 9.59 Å². The molecule has 0 spiro atoms. The molecular weight excluding hydrogens is 390 g/mol. The number of piperidine rings is 1. The van der Waals surface area contributed by atoms with Crippen LogP contribution in [-0.2, 0) is 16.1 Å². The molecule has 2 unspecified atom stereocenters. The number of aromatic nitrogens is 3. The highest BCUT2D eigenvalue weighted by Gasteiger charge is 2.40. The van der Waals surface area contributed by atoms with Gasteiger partial charge in [0, 0.05) is 50.4 Å². The molecule has 1 amide bonds. The van der Waals surface area contributed by atoms with Gasteiger partial charge >= 0.3 is 0 Å². The number of carbonyl (C=O) groups excluding carboxylic acids is 2. The fourth-order valence-electron chi connectivity index (χ4n) is 4.96. The van der Waals surface area contributed by atoms with Gasteiger partial charge in [0.25, 0.3) is 0 Å². The van der Waals surface area contributed by atoms with Crippen LogP contribution in [0.5, 0.6) is 0 Å². The van der Waals surface area contributed by atoms with Crippen LogP contribution in [0.15, 0.2) is 42.7 Å². The topological polar surface area (TPSA) is 70.8 Å². The molecule has 7 nitrogen and oxygen atoms in total. The van der Waals surface area contributed by atoms with Crippen LogP contribution in [-0.4, -0.2) is 61.5 Å². The maximum absolute atomic E-state index is 12.1. The Bertz CT molecular complexity index is 1100. The number of Topliss-reactive ketones (excluding diaryl/α,β-unsaturated/α-hetero) is 1. The van der Waals surface area contributed by atoms with E-state index in [1.807, 2.05) is 17.2 Å². The molecule has 2 aliphatic rings. The van der Waals surface area contributed by atoms with Crippen LogP contribution in [0.25, 0.3) is 17.0 Å². The van der Waals surface area contributed by atoms with Crippen molar-refractivity contribution in [1.29, 1.82) is 0 Å². The Morgan fingerprint density at radius 3 is 2.48 bits per heavy atom. The molecule has 160 valence electrons. The molecular formula is C24H27N5O2. The minimum Gasteiger partial charge on any atom is -0.336 e. The van der Waals surface area contributed by atoms with Gasteiger partial charge < -0.3 is 4.90 Å². The summed E-state index contributed by atoms with van der Waals surface area (Å²) in [5.74, 6) is 1.42. The maximum Gasteiger partial charge on any atom is 0.234 e. The molecule has 2 atom stereocenters. The van der Waals surface area contributed by atoms with Crippen LogP contribution >= 0.6 is 0 Å². The van der Waals surface area contributed by atoms with Crippen LogP contribution in [0.4, 0.5) is 0 Å². The molecule has 2 bridgehead atoms. The Hall–Kier alpha value is -3.06. The number of carbonyl (C=O) groups is 2. The fourth-order valence-corrected chi connectivity index (χ4v) is 4.96. The third-order valence-corrected chi connectivity index (χ3v) is 6.56. The number of fused-ring (bicyclic) bond motifs is 3. The largest absolute Gasteiger partial charge is 0.336 e. The molecule has 0 aliphatic carbocycles. The molecule has 2 fully saturated rings. The molecule has 2 aromatic heterocycles. The lowest BCUT2D eigenvalue weighted by Crippen LogP contribution is -2.61. The Morgan fingerprint density at radius 1 is 1.13 bits per heavy atom. The summed E-state index contributed by atoms with van der Waals surface area (Å²) in [7, 11) is 0. The van der Waals surface area contributed by atoms with Crippen LogP contribution in [0.2, 0.25) is 0 Å². The van der Waals surface area contributed by atoms with E-state index in [1.165, 1.54) is 5.56 Å². The number of benzene rings is 1. The first-order valence-electron chi connectivity index (χ1n) is 10.9. The van der Waals surface area contributed by atoms with Crippen molar-refractivity contribution >= 4 is 18.0 Å². The Morgan fingerprint density at radius 2 is 1.84 bits per heavy atom. The molecule has 4 heterocycles. The van der Waals surface area contributed by atoms with Crippen molar-refractivity contribution in [3.63, 3.8) is 0 Å². The standard InChI is InChI=1S/C24H27N5O2/c1-16(2)17-4-6-18(7-5-17)23-22(28-9-3-8-25-24(28)26-23)14-27-12-19-10-21(31)11-20(13-27)29(19)15-30/h3-9,15-16,19-20H,10-14H2,1-2H3. The van der Waals surface area contributed by atoms with Crippen molar-refractivity contribution in [2.45, 2.75) is 51.2 Å². The van der Waals surface area contributed by atoms with Crippen molar-refractivity contribution in [1.82, 2.24) is 24.2 Å². The maximum atomic E-state index is 12.1. The molecule has 3 aromatic rings. The second kappa shape index (κ2) is 7.89. The second-order valence-corrected chi connectivity index (χ2v) is 8.97. The molecule has 2 aliphatic heterocycles. The monoisotopic (exact) mass is 417 g/mol. The summed E-state index contributed by atoms with van der Waals surface area (Å²) in [6.07, 6.45) is 5.58. The number of nitrogens with zero attached hydrogens (tertiary/aromatic N) is 5. The predicted octanol–water partition coefficient (Wildman–Crippen LogP) is 2.89. The lowest BCUT2D eigenvalue weighted by molar-refractivity contribution is -0.138. The summed E-state index contributed by atoms with van der Waals surface area (Å²) in [6, 6.07) is 10.4. The van der Waals surface area contributed by atoms with E-state index >= 15 is 0 Å². The summed E-state index contributed by atoms with van der Waals surface area (Å²) in [4.78, 5) is 37.1. The highest BCUT2D eigenvalue weighted by Crippen LogP contribution is 2.30. The van der Waals surface area contributed by atoms with E-state index in [2.05, 4.69) is 52.4 Å². The van der Waals surface area contributed by atoms with E-state index < -0.39 is 0 Å². The normalized spacial score (nSPS) is 21.8. The summed E-state index contributed by atoms with van der Waals surface area (Å²) < 4.78 is 2.05. The zero-order valence-corrected chi connectivity index (χ0v) is 17.9. The van der Waals surface area contributed by atoms with Gasteiger partial charge in [-0.05, 0) is 17.5 Å². The highest BCUT2D eigenvalue weighted by molar-refractivity contribution is 5.82. The van der Waals surface area contributed by atoms with E-state index in [0.717, 1.165) is 23.4 Å². The van der Waals surface area contributed by atoms with Crippen LogP contribution in [0, 0.1) is 0 Å². The molecule has 1 aromatic carbocycles. The summed E-state index contributed by atoms with van der Waals surface area (Å²) in [5, 5.41) is 0. The number of hydrogen-bond acceptors (Lipinski definition) is 5. The van der Waals surface area contributed by atoms with Gasteiger partial charge in [0.05, 0.1) is 23.5 Å². The third-order valence-electron chi connectivity index (χ3n) is 6.56. The molecule has 2 saturated heterocycles. The lowest BCUT2D eigenvalue weighted by Gasteiger charge is -2.47. The molecule has 7 heteroatoms. The Balaban J connectivity index is 1.49. The first-order chi connectivity index (χ1) is 15.0. The predicted molar refractivity (Wildman–Crippen MR) is 118 cm³/mol. The first-order valence-corrected chi connectivity index (χ1v) is 10.9. The Labute approximate surface area is 181 Å². The van der Waals surface area contributed by atoms with Crippen LogP contribution in [0.3, 0.4) is 0 Å². The average molecular weight is 418 g/mol. The van der Waals surface area contributed by atoms with Gasteiger partial charge in [-0.1, -0.05) is 38.1 Å². The van der Waals surface area contributed by atoms with Crippen molar-refractivity contribution in [2.24, 2.45) is 0 Å². The van der Waals surface area contributed by atoms with Gasteiger partial charge in [-0.2, -0.15) is 0 Å². The minimum atomic E-state index is -0.0383. The summed E-state index contributed by atoms with van der Waals surface area (Å²) >= 11 is 0. The number of amides is 1. The number of hydrogen-bond donors (Lipinski definition) is 0. The lowest BCUT2D eigenvalue weighted by atomic mass is 9.90. The average Bonchev–Trinajstić information content (AvgIpc) is 3.11. The smallest absolute Gasteiger partial charge is 0.234 e. The quantitative estimate of drug-likeness (QED) is 0.597. The van der Waals surface area contributed by atoms with E-state index in [-0.39, 0.29) is 17.9 Å². The van der Waals surface area contributed by atoms with Gasteiger partial charge in [-0.25, -0.2) is 9.97 Å². The Kier molecular flexibility index (Phi) is 5.06. The number of ketones is 1. The molecule has 0 N–H and O–H groups in total. The van der Waals surface area contributed by atoms with Gasteiger partial charge in [-0.15, -0.1) is 0 Å². The number of likely N-dealkylation sites (tertiary alicyclic amines) is 1. The van der Waals surface area contributed by atoms with Gasteiger partial charge in [0.1, 0.15) is 5.78 Å². The van der Waals surface area contributed by atoms with E-state index in [1.54, 1.807) is 6.20 Å². The highest BCUT2D eigenvalue weighted by atomic mass is 16.1. The third kappa shape index (κ3) is 3.63. The van der Waals surface area contributed by atoms with Crippen molar-refractivity contribution in [3.05, 3.63) is 54.0 Å². The first kappa shape index (κ1) is 19.9. The van der Waals surface area contributed by atoms with Crippen molar-refractivity contribution in [2.75, 3.05) is 13.1 Å². The number of piperazine rings is 1. The SMILES string of the molecule is CC(C)c1ccc(-c2nc3ncccn3c2CN2CC3CC(=O)CC(C2)N3C=O)cc1. The van der Waals surface area contributed by atoms with Crippen LogP contribution < -0.4 is 0 Å². The molecule has 0 radical (unpaired) electrons. The van der Waals surface area contributed by atoms with E-state index in [0.29, 0.717) is 44.2 Å². The van der Waals surface area contributed by atoms with Crippen molar-refractivity contribution < 1.29 is 9.59 Å². The van der Waals surface area contributed by atoms with Gasteiger partial charge in [-0.3, -0.25) is 18.9 Å². The van der Waals surface area contributed by atoms with E-state index in [4.69, 9.17) is 4.98 Å². The summed E-state index contributed by atoms with van der Waals surface area (Å²) in [6.45, 7) is 6.47. The molecule has 0 saturated carbocycles. The second-order valence-electron chi connectivity index (χ2n) is 8.97. The van der Waals surface area contributed by atoms with Crippen LogP contribution in [0.1, 0.15) is 43.9 Å². The zero-order valence-electron chi connectivity index (χ0n) is 17.9. The van der Waals surface area contributed by atoms with Gasteiger partial charge in [0.2, 0.25) is 12.2 Å². The zero-order chi connectivity index (χ0) is 21.5.